The molecule has 3 aromatic carbocycles. The summed E-state index contributed by atoms with van der Waals surface area (Å²) in [6, 6.07) is 10.2. The molecule has 0 aliphatic carbocycles. The van der Waals surface area contributed by atoms with Crippen LogP contribution in [0.25, 0.3) is 21.7 Å². The summed E-state index contributed by atoms with van der Waals surface area (Å²) in [5, 5.41) is 75.3. The van der Waals surface area contributed by atoms with Crippen molar-refractivity contribution in [3.8, 4) is 17.2 Å². The number of fused-ring (bicyclic) bond motifs is 4. The van der Waals surface area contributed by atoms with Crippen molar-refractivity contribution in [1.82, 2.24) is 0 Å². The summed E-state index contributed by atoms with van der Waals surface area (Å²) in [4.78, 5) is 31.6. The molecule has 1 aromatic heterocycles. The lowest BCUT2D eigenvalue weighted by Gasteiger charge is -2.41. The average Bonchev–Trinajstić information content (AvgIpc) is 3.73. The van der Waals surface area contributed by atoms with Crippen LogP contribution in [0, 0.1) is 6.92 Å². The van der Waals surface area contributed by atoms with Gasteiger partial charge in [-0.25, -0.2) is 9.78 Å². The number of aliphatic imine (C=N–C) groups is 1. The average molecular weight is 745 g/mol. The van der Waals surface area contributed by atoms with Crippen molar-refractivity contribution in [3.05, 3.63) is 93.1 Å². The molecule has 54 heavy (non-hydrogen) atoms. The minimum Gasteiger partial charge on any atom is -0.508 e. The summed E-state index contributed by atoms with van der Waals surface area (Å²) in [5.74, 6) is 0.741. The zero-order valence-corrected chi connectivity index (χ0v) is 30.3. The van der Waals surface area contributed by atoms with Crippen LogP contribution in [0.5, 0.6) is 17.2 Å². The number of rotatable bonds is 12. The van der Waals surface area contributed by atoms with Crippen molar-refractivity contribution in [2.24, 2.45) is 4.99 Å². The Labute approximate surface area is 310 Å². The summed E-state index contributed by atoms with van der Waals surface area (Å²) in [7, 11) is 0. The summed E-state index contributed by atoms with van der Waals surface area (Å²) in [5.41, 5.74) is 0.159. The molecule has 14 heteroatoms. The first-order valence-electron chi connectivity index (χ1n) is 17.8. The third-order valence-corrected chi connectivity index (χ3v) is 10.6. The number of phenols is 2. The predicted octanol–water partition coefficient (Wildman–Crippen LogP) is 3.20. The van der Waals surface area contributed by atoms with Gasteiger partial charge in [0.2, 0.25) is 0 Å². The monoisotopic (exact) mass is 744 g/mol. The first-order chi connectivity index (χ1) is 25.7. The van der Waals surface area contributed by atoms with Crippen molar-refractivity contribution in [1.29, 1.82) is 0 Å². The number of benzene rings is 3. The molecule has 3 aliphatic heterocycles. The maximum atomic E-state index is 13.4. The van der Waals surface area contributed by atoms with Gasteiger partial charge >= 0.3 is 0 Å². The van der Waals surface area contributed by atoms with Crippen LogP contribution >= 0.6 is 0 Å². The minimum absolute atomic E-state index is 0.0862. The lowest BCUT2D eigenvalue weighted by molar-refractivity contribution is -0.369. The predicted molar refractivity (Wildman–Crippen MR) is 199 cm³/mol. The zero-order chi connectivity index (χ0) is 38.7. The molecular formula is C40H44N2O12. The largest absolute Gasteiger partial charge is 0.508 e. The van der Waals surface area contributed by atoms with Gasteiger partial charge in [0.1, 0.15) is 65.2 Å². The van der Waals surface area contributed by atoms with E-state index >= 15 is 0 Å². The molecule has 7 N–H and O–H groups in total. The summed E-state index contributed by atoms with van der Waals surface area (Å²) in [6.07, 6.45) is -0.532. The number of aromatic hydroxyl groups is 2. The van der Waals surface area contributed by atoms with E-state index in [1.807, 2.05) is 17.2 Å². The highest BCUT2D eigenvalue weighted by Gasteiger charge is 2.46. The second kappa shape index (κ2) is 14.1. The third kappa shape index (κ3) is 6.53. The Morgan fingerprint density at radius 2 is 1.85 bits per heavy atom. The molecule has 3 aliphatic rings. The Morgan fingerprint density at radius 3 is 2.59 bits per heavy atom. The second-order valence-electron chi connectivity index (χ2n) is 14.8. The van der Waals surface area contributed by atoms with Crippen LogP contribution in [-0.2, 0) is 22.6 Å². The van der Waals surface area contributed by atoms with E-state index in [4.69, 9.17) is 18.9 Å². The second-order valence-corrected chi connectivity index (χ2v) is 14.8. The molecule has 0 radical (unpaired) electrons. The number of aliphatic hydroxyl groups excluding tert-OH is 4. The van der Waals surface area contributed by atoms with E-state index in [0.717, 1.165) is 17.7 Å². The maximum Gasteiger partial charge on any atom is 0.193 e. The Bertz CT molecular complexity index is 2260. The molecular weight excluding hydrogens is 700 g/mol. The van der Waals surface area contributed by atoms with Gasteiger partial charge in [-0.2, -0.15) is 0 Å². The van der Waals surface area contributed by atoms with E-state index in [1.165, 1.54) is 36.4 Å². The van der Waals surface area contributed by atoms with Crippen molar-refractivity contribution in [2.75, 3.05) is 18.1 Å². The number of allylic oxidation sites excluding steroid dienone is 1. The first kappa shape index (κ1) is 37.5. The Hall–Kier alpha value is -4.80. The Morgan fingerprint density at radius 1 is 1.07 bits per heavy atom. The summed E-state index contributed by atoms with van der Waals surface area (Å²) < 4.78 is 12.9. The molecule has 14 nitrogen and oxygen atoms in total. The number of aryl methyl sites for hydroxylation is 1. The molecule has 1 unspecified atom stereocenters. The Balaban J connectivity index is 1.21. The highest BCUT2D eigenvalue weighted by molar-refractivity contribution is 5.97. The number of aliphatic hydroxyl groups is 5. The smallest absolute Gasteiger partial charge is 0.193 e. The van der Waals surface area contributed by atoms with Crippen LogP contribution in [-0.4, -0.2) is 96.8 Å². The SMILES string of the molecule is CCC1C2=CC=NC2=CN1c1c2c(cc3c(=O)cc(C)oc13)C[C@@H](OOC[C@@](O)(Cc1ccc(O)c3ccc(O)cc13)[C@@H](O)[C@H](O)[C@H](O)CO)C(C)(C)O2. The lowest BCUT2D eigenvalue weighted by atomic mass is 9.84. The molecule has 286 valence electrons. The highest BCUT2D eigenvalue weighted by atomic mass is 17.2. The van der Waals surface area contributed by atoms with Gasteiger partial charge in [0, 0.05) is 47.8 Å². The van der Waals surface area contributed by atoms with Crippen LogP contribution < -0.4 is 15.1 Å². The molecule has 0 saturated carbocycles. The van der Waals surface area contributed by atoms with E-state index in [0.29, 0.717) is 50.1 Å². The summed E-state index contributed by atoms with van der Waals surface area (Å²) >= 11 is 0. The van der Waals surface area contributed by atoms with Gasteiger partial charge < -0.3 is 49.8 Å². The fraction of sp³-hybridized carbons (Fsp3) is 0.400. The van der Waals surface area contributed by atoms with Crippen LogP contribution in [0.15, 0.2) is 80.2 Å². The summed E-state index contributed by atoms with van der Waals surface area (Å²) in [6.45, 7) is 5.72. The van der Waals surface area contributed by atoms with Gasteiger partial charge in [-0.1, -0.05) is 13.0 Å². The molecule has 4 heterocycles. The topological polar surface area (TPSA) is 215 Å². The van der Waals surface area contributed by atoms with E-state index in [2.05, 4.69) is 11.9 Å². The fourth-order valence-electron chi connectivity index (χ4n) is 7.57. The van der Waals surface area contributed by atoms with E-state index in [9.17, 15) is 40.5 Å². The van der Waals surface area contributed by atoms with Crippen LogP contribution in [0.3, 0.4) is 0 Å². The fourth-order valence-corrected chi connectivity index (χ4v) is 7.57. The Kier molecular flexibility index (Phi) is 9.81. The highest BCUT2D eigenvalue weighted by Crippen LogP contribution is 2.49. The van der Waals surface area contributed by atoms with E-state index in [-0.39, 0.29) is 29.4 Å². The van der Waals surface area contributed by atoms with Crippen molar-refractivity contribution < 1.29 is 54.7 Å². The first-order valence-corrected chi connectivity index (χ1v) is 17.8. The van der Waals surface area contributed by atoms with Gasteiger partial charge in [0.25, 0.3) is 0 Å². The van der Waals surface area contributed by atoms with E-state index in [1.54, 1.807) is 33.1 Å². The van der Waals surface area contributed by atoms with Crippen molar-refractivity contribution in [3.63, 3.8) is 0 Å². The quantitative estimate of drug-likeness (QED) is 0.0821. The van der Waals surface area contributed by atoms with Gasteiger partial charge in [0.05, 0.1) is 23.7 Å². The minimum atomic E-state index is -2.35. The molecule has 4 aromatic rings. The number of nitrogens with zero attached hydrogens (tertiary/aromatic N) is 2. The third-order valence-electron chi connectivity index (χ3n) is 10.6. The number of hydrogen-bond acceptors (Lipinski definition) is 14. The number of phenolic OH excluding ortho intramolecular Hbond substituents is 2. The lowest BCUT2D eigenvalue weighted by Crippen LogP contribution is -2.57. The molecule has 0 fully saturated rings. The molecule has 0 spiro atoms. The van der Waals surface area contributed by atoms with Gasteiger partial charge in [-0.15, -0.1) is 0 Å². The van der Waals surface area contributed by atoms with Crippen molar-refractivity contribution in [2.45, 2.75) is 88.6 Å². The van der Waals surface area contributed by atoms with Crippen molar-refractivity contribution >= 4 is 33.6 Å². The van der Waals surface area contributed by atoms with Crippen LogP contribution in [0.4, 0.5) is 5.69 Å². The maximum absolute atomic E-state index is 13.4. The van der Waals surface area contributed by atoms with Crippen LogP contribution in [0.1, 0.15) is 44.1 Å². The van der Waals surface area contributed by atoms with Gasteiger partial charge in [0.15, 0.2) is 16.8 Å². The zero-order valence-electron chi connectivity index (χ0n) is 30.3. The standard InChI is InChI=1S/C40H44N2O12/c1-5-29-25-10-11-41-28(25)17-42(29)34-36-22(13-27-31(46)12-20(2)52-37(27)34)14-33(39(3,4)53-36)54-51-19-40(50,38(49)35(48)32(47)18-43)16-21-6-9-30(45)24-8-7-23(44)15-26(21)24/h6-13,15,17,29,32-33,35,38,43-45,47-50H,5,14,16,18-19H2,1-4H3/t29?,32-,33-,35-,38+,40+/m1/s1. The molecule has 0 amide bonds. The number of hydrogen-bond donors (Lipinski definition) is 7. The molecule has 0 bridgehead atoms. The normalized spacial score (nSPS) is 21.6. The number of ether oxygens (including phenoxy) is 1. The molecule has 0 saturated heterocycles. The van der Waals surface area contributed by atoms with Crippen LogP contribution in [0.2, 0.25) is 0 Å². The molecule has 7 rings (SSSR count). The molecule has 6 atom stereocenters. The van der Waals surface area contributed by atoms with E-state index < -0.39 is 55.3 Å². The van der Waals surface area contributed by atoms with Gasteiger partial charge in [-0.3, -0.25) is 9.79 Å². The number of anilines is 1. The van der Waals surface area contributed by atoms with Gasteiger partial charge in [-0.05, 0) is 74.5 Å².